The summed E-state index contributed by atoms with van der Waals surface area (Å²) in [4.78, 5) is 15.5. The summed E-state index contributed by atoms with van der Waals surface area (Å²) in [7, 11) is 0. The molecule has 0 saturated carbocycles. The highest BCUT2D eigenvalue weighted by atomic mass is 16.6. The second kappa shape index (κ2) is 7.63. The summed E-state index contributed by atoms with van der Waals surface area (Å²) in [6, 6.07) is 13.7. The molecule has 25 heavy (non-hydrogen) atoms. The maximum absolute atomic E-state index is 11.0. The van der Waals surface area contributed by atoms with E-state index in [1.807, 2.05) is 24.3 Å². The Kier molecular flexibility index (Phi) is 5.31. The first kappa shape index (κ1) is 17.4. The van der Waals surface area contributed by atoms with Gasteiger partial charge in [-0.1, -0.05) is 30.3 Å². The average molecular weight is 341 g/mol. The van der Waals surface area contributed by atoms with Crippen LogP contribution < -0.4 is 15.8 Å². The first-order valence-corrected chi connectivity index (χ1v) is 8.43. The van der Waals surface area contributed by atoms with Gasteiger partial charge in [-0.05, 0) is 31.4 Å². The van der Waals surface area contributed by atoms with Gasteiger partial charge in [0.1, 0.15) is 0 Å². The van der Waals surface area contributed by atoms with E-state index >= 15 is 0 Å². The number of nitrogens with zero attached hydrogens (tertiary/aromatic N) is 1. The summed E-state index contributed by atoms with van der Waals surface area (Å²) in [6.45, 7) is 4.08. The van der Waals surface area contributed by atoms with E-state index < -0.39 is 6.09 Å². The van der Waals surface area contributed by atoms with Crippen LogP contribution in [-0.2, 0) is 23.4 Å². The lowest BCUT2D eigenvalue weighted by Gasteiger charge is -2.26. The number of benzene rings is 1. The third-order valence-electron chi connectivity index (χ3n) is 4.41. The van der Waals surface area contributed by atoms with E-state index in [9.17, 15) is 4.79 Å². The predicted molar refractivity (Wildman–Crippen MR) is 94.0 cm³/mol. The Balaban J connectivity index is 1.79. The Morgan fingerprint density at radius 3 is 2.76 bits per heavy atom. The van der Waals surface area contributed by atoms with Gasteiger partial charge >= 0.3 is 6.09 Å². The van der Waals surface area contributed by atoms with Gasteiger partial charge in [0, 0.05) is 31.3 Å². The number of nitrogens with two attached hydrogens (primary N) is 1. The Hall–Kier alpha value is -2.44. The zero-order valence-corrected chi connectivity index (χ0v) is 14.3. The van der Waals surface area contributed by atoms with Crippen LogP contribution in [0, 0.1) is 0 Å². The number of carbonyl (C=O) groups is 1. The highest BCUT2D eigenvalue weighted by Gasteiger charge is 2.34. The molecule has 2 heterocycles. The van der Waals surface area contributed by atoms with Crippen molar-refractivity contribution in [1.82, 2.24) is 10.3 Å². The minimum Gasteiger partial charge on any atom is -0.391 e. The topological polar surface area (TPSA) is 86.5 Å². The van der Waals surface area contributed by atoms with Crippen molar-refractivity contribution < 1.29 is 14.3 Å². The van der Waals surface area contributed by atoms with E-state index in [-0.39, 0.29) is 11.5 Å². The van der Waals surface area contributed by atoms with Crippen molar-refractivity contribution in [1.29, 1.82) is 0 Å². The lowest BCUT2D eigenvalue weighted by Crippen LogP contribution is -2.26. The molecule has 1 aromatic heterocycles. The minimum absolute atomic E-state index is 0.203. The van der Waals surface area contributed by atoms with Crippen molar-refractivity contribution in [2.24, 2.45) is 5.73 Å². The number of rotatable bonds is 6. The number of carbonyl (C=O) groups excluding carboxylic acids is 1. The fourth-order valence-corrected chi connectivity index (χ4v) is 3.17. The highest BCUT2D eigenvalue weighted by Crippen LogP contribution is 2.37. The van der Waals surface area contributed by atoms with Crippen LogP contribution in [0.15, 0.2) is 42.5 Å². The Morgan fingerprint density at radius 1 is 1.28 bits per heavy atom. The molecule has 132 valence electrons. The van der Waals surface area contributed by atoms with Gasteiger partial charge in [-0.2, -0.15) is 0 Å². The summed E-state index contributed by atoms with van der Waals surface area (Å²) in [5, 5.41) is 3.39. The Labute approximate surface area is 147 Å². The normalized spacial score (nSPS) is 19.7. The maximum Gasteiger partial charge on any atom is 0.411 e. The van der Waals surface area contributed by atoms with E-state index in [1.165, 1.54) is 5.56 Å². The number of aromatic nitrogens is 1. The highest BCUT2D eigenvalue weighted by molar-refractivity contribution is 5.67. The standard InChI is InChI=1S/C19H23N3O3/c1-19(10-5-11-24-19)15-8-9-17(25-18(20)23)22-16(15)13-21-12-14-6-3-2-4-7-14/h2-4,6-9,21H,5,10-13H2,1H3,(H2,20,23). The van der Waals surface area contributed by atoms with Crippen LogP contribution in [0.3, 0.4) is 0 Å². The van der Waals surface area contributed by atoms with Gasteiger partial charge < -0.3 is 20.5 Å². The zero-order valence-electron chi connectivity index (χ0n) is 14.3. The lowest BCUT2D eigenvalue weighted by atomic mass is 9.91. The van der Waals surface area contributed by atoms with Crippen LogP contribution in [0.25, 0.3) is 0 Å². The molecule has 1 aliphatic heterocycles. The van der Waals surface area contributed by atoms with Crippen molar-refractivity contribution in [2.45, 2.75) is 38.5 Å². The quantitative estimate of drug-likeness (QED) is 0.844. The monoisotopic (exact) mass is 341 g/mol. The molecule has 6 heteroatoms. The molecule has 1 fully saturated rings. The molecular formula is C19H23N3O3. The van der Waals surface area contributed by atoms with Crippen LogP contribution >= 0.6 is 0 Å². The van der Waals surface area contributed by atoms with Gasteiger partial charge in [-0.25, -0.2) is 9.78 Å². The molecule has 3 rings (SSSR count). The van der Waals surface area contributed by atoms with Gasteiger partial charge in [0.25, 0.3) is 0 Å². The van der Waals surface area contributed by atoms with Crippen molar-refractivity contribution in [2.75, 3.05) is 6.61 Å². The zero-order chi connectivity index (χ0) is 17.7. The third-order valence-corrected chi connectivity index (χ3v) is 4.41. The molecule has 1 aliphatic rings. The molecule has 0 aliphatic carbocycles. The van der Waals surface area contributed by atoms with Crippen molar-refractivity contribution in [3.8, 4) is 5.88 Å². The smallest absolute Gasteiger partial charge is 0.391 e. The molecule has 1 aromatic carbocycles. The van der Waals surface area contributed by atoms with E-state index in [0.29, 0.717) is 6.54 Å². The van der Waals surface area contributed by atoms with Crippen molar-refractivity contribution in [3.63, 3.8) is 0 Å². The third kappa shape index (κ3) is 4.35. The summed E-state index contributed by atoms with van der Waals surface area (Å²) in [5.74, 6) is 0.203. The average Bonchev–Trinajstić information content (AvgIpc) is 3.03. The van der Waals surface area contributed by atoms with Crippen LogP contribution in [0.5, 0.6) is 5.88 Å². The van der Waals surface area contributed by atoms with Crippen LogP contribution in [0.1, 0.15) is 36.6 Å². The summed E-state index contributed by atoms with van der Waals surface area (Å²) >= 11 is 0. The largest absolute Gasteiger partial charge is 0.411 e. The molecular weight excluding hydrogens is 318 g/mol. The van der Waals surface area contributed by atoms with E-state index in [1.54, 1.807) is 6.07 Å². The molecule has 0 spiro atoms. The number of hydrogen-bond acceptors (Lipinski definition) is 5. The van der Waals surface area contributed by atoms with Crippen molar-refractivity contribution >= 4 is 6.09 Å². The number of primary amides is 1. The number of ether oxygens (including phenoxy) is 2. The molecule has 6 nitrogen and oxygen atoms in total. The molecule has 3 N–H and O–H groups in total. The number of nitrogens with one attached hydrogen (secondary N) is 1. The second-order valence-electron chi connectivity index (χ2n) is 6.34. The van der Waals surface area contributed by atoms with Crippen LogP contribution in [-0.4, -0.2) is 17.7 Å². The summed E-state index contributed by atoms with van der Waals surface area (Å²) < 4.78 is 10.9. The molecule has 2 aromatic rings. The molecule has 1 saturated heterocycles. The first-order valence-electron chi connectivity index (χ1n) is 8.43. The maximum atomic E-state index is 11.0. The van der Waals surface area contributed by atoms with Crippen LogP contribution in [0.2, 0.25) is 0 Å². The lowest BCUT2D eigenvalue weighted by molar-refractivity contribution is 0.0156. The number of hydrogen-bond donors (Lipinski definition) is 2. The fourth-order valence-electron chi connectivity index (χ4n) is 3.17. The molecule has 0 bridgehead atoms. The van der Waals surface area contributed by atoms with E-state index in [4.69, 9.17) is 15.2 Å². The van der Waals surface area contributed by atoms with Crippen LogP contribution in [0.4, 0.5) is 4.79 Å². The molecule has 1 atom stereocenters. The SMILES string of the molecule is CC1(c2ccc(OC(N)=O)nc2CNCc2ccccc2)CCCO1. The van der Waals surface area contributed by atoms with Gasteiger partial charge in [-0.3, -0.25) is 0 Å². The van der Waals surface area contributed by atoms with E-state index in [0.717, 1.165) is 37.3 Å². The van der Waals surface area contributed by atoms with Gasteiger partial charge in [0.05, 0.1) is 11.3 Å². The molecule has 0 radical (unpaired) electrons. The molecule has 1 unspecified atom stereocenters. The number of amides is 1. The fraction of sp³-hybridized carbons (Fsp3) is 0.368. The number of pyridine rings is 1. The second-order valence-corrected chi connectivity index (χ2v) is 6.34. The summed E-state index contributed by atoms with van der Waals surface area (Å²) in [5.41, 5.74) is 7.75. The molecule has 1 amide bonds. The van der Waals surface area contributed by atoms with Gasteiger partial charge in [-0.15, -0.1) is 0 Å². The summed E-state index contributed by atoms with van der Waals surface area (Å²) in [6.07, 6.45) is 1.09. The van der Waals surface area contributed by atoms with E-state index in [2.05, 4.69) is 29.4 Å². The Morgan fingerprint density at radius 2 is 2.08 bits per heavy atom. The van der Waals surface area contributed by atoms with Crippen molar-refractivity contribution in [3.05, 3.63) is 59.3 Å². The minimum atomic E-state index is -0.869. The predicted octanol–water partition coefficient (Wildman–Crippen LogP) is 2.85. The Bertz CT molecular complexity index is 728. The first-order chi connectivity index (χ1) is 12.1. The van der Waals surface area contributed by atoms with Gasteiger partial charge in [0.2, 0.25) is 5.88 Å². The van der Waals surface area contributed by atoms with Gasteiger partial charge in [0.15, 0.2) is 0 Å².